The Morgan fingerprint density at radius 1 is 1.54 bits per heavy atom. The molecule has 0 amide bonds. The zero-order chi connectivity index (χ0) is 10.3. The van der Waals surface area contributed by atoms with Gasteiger partial charge in [0.2, 0.25) is 0 Å². The normalized spacial score (nSPS) is 42.9. The molecule has 1 fully saturated rings. The third-order valence-corrected chi connectivity index (χ3v) is 3.61. The van der Waals surface area contributed by atoms with E-state index in [0.29, 0.717) is 6.42 Å². The summed E-state index contributed by atoms with van der Waals surface area (Å²) in [6.07, 6.45) is 2.68. The standard InChI is InChI=1S/C10H21NO2/c1-5-6-8(2)7-10(8,13)9(3,12)11-4/h11-13H,5-7H2,1-4H3/t8-,9?,10+/m1/s1. The maximum absolute atomic E-state index is 10.2. The molecule has 0 aromatic heterocycles. The van der Waals surface area contributed by atoms with E-state index in [4.69, 9.17) is 0 Å². The SMILES string of the molecule is CCC[C@]1(C)C[C@@]1(O)C(C)(O)NC. The van der Waals surface area contributed by atoms with Crippen molar-refractivity contribution in [2.45, 2.75) is 51.4 Å². The van der Waals surface area contributed by atoms with E-state index in [2.05, 4.69) is 12.2 Å². The van der Waals surface area contributed by atoms with E-state index in [1.165, 1.54) is 0 Å². The van der Waals surface area contributed by atoms with Crippen LogP contribution >= 0.6 is 0 Å². The van der Waals surface area contributed by atoms with Crippen LogP contribution in [0.4, 0.5) is 0 Å². The van der Waals surface area contributed by atoms with E-state index >= 15 is 0 Å². The van der Waals surface area contributed by atoms with Crippen molar-refractivity contribution in [3.05, 3.63) is 0 Å². The number of hydrogen-bond acceptors (Lipinski definition) is 3. The first kappa shape index (κ1) is 11.0. The fraction of sp³-hybridized carbons (Fsp3) is 1.00. The Balaban J connectivity index is 2.73. The van der Waals surface area contributed by atoms with Crippen LogP contribution in [-0.4, -0.2) is 28.6 Å². The van der Waals surface area contributed by atoms with E-state index in [1.807, 2.05) is 6.92 Å². The Kier molecular flexibility index (Phi) is 2.48. The summed E-state index contributed by atoms with van der Waals surface area (Å²) in [4.78, 5) is 0. The third kappa shape index (κ3) is 1.39. The van der Waals surface area contributed by atoms with E-state index in [0.717, 1.165) is 12.8 Å². The topological polar surface area (TPSA) is 52.5 Å². The zero-order valence-corrected chi connectivity index (χ0v) is 9.02. The maximum Gasteiger partial charge on any atom is 0.142 e. The van der Waals surface area contributed by atoms with Gasteiger partial charge in [0.25, 0.3) is 0 Å². The Hall–Kier alpha value is -0.120. The summed E-state index contributed by atoms with van der Waals surface area (Å²) >= 11 is 0. The smallest absolute Gasteiger partial charge is 0.142 e. The van der Waals surface area contributed by atoms with Crippen LogP contribution in [0.1, 0.15) is 40.0 Å². The zero-order valence-electron chi connectivity index (χ0n) is 9.02. The molecule has 13 heavy (non-hydrogen) atoms. The largest absolute Gasteiger partial charge is 0.385 e. The summed E-state index contributed by atoms with van der Waals surface area (Å²) in [5, 5.41) is 22.9. The van der Waals surface area contributed by atoms with Crippen molar-refractivity contribution in [1.82, 2.24) is 5.32 Å². The van der Waals surface area contributed by atoms with Crippen LogP contribution in [0, 0.1) is 5.41 Å². The van der Waals surface area contributed by atoms with E-state index < -0.39 is 11.3 Å². The van der Waals surface area contributed by atoms with Gasteiger partial charge < -0.3 is 10.2 Å². The molecular weight excluding hydrogens is 166 g/mol. The molecule has 0 heterocycles. The Morgan fingerprint density at radius 3 is 2.46 bits per heavy atom. The van der Waals surface area contributed by atoms with Crippen molar-refractivity contribution in [3.8, 4) is 0 Å². The van der Waals surface area contributed by atoms with Crippen molar-refractivity contribution in [1.29, 1.82) is 0 Å². The molecule has 3 heteroatoms. The number of aliphatic hydroxyl groups is 2. The fourth-order valence-electron chi connectivity index (χ4n) is 2.33. The molecule has 0 aliphatic heterocycles. The molecule has 0 aromatic rings. The molecule has 3 nitrogen and oxygen atoms in total. The second-order valence-electron chi connectivity index (χ2n) is 4.67. The fourth-order valence-corrected chi connectivity index (χ4v) is 2.33. The lowest BCUT2D eigenvalue weighted by Gasteiger charge is -2.32. The summed E-state index contributed by atoms with van der Waals surface area (Å²) in [7, 11) is 1.67. The highest BCUT2D eigenvalue weighted by atomic mass is 16.4. The van der Waals surface area contributed by atoms with Gasteiger partial charge in [-0.05, 0) is 26.8 Å². The number of nitrogens with one attached hydrogen (secondary N) is 1. The molecule has 1 unspecified atom stereocenters. The molecule has 3 atom stereocenters. The van der Waals surface area contributed by atoms with Crippen molar-refractivity contribution in [2.24, 2.45) is 5.41 Å². The quantitative estimate of drug-likeness (QED) is 0.572. The van der Waals surface area contributed by atoms with Crippen molar-refractivity contribution < 1.29 is 10.2 Å². The monoisotopic (exact) mass is 187 g/mol. The Labute approximate surface area is 80.2 Å². The molecule has 0 aromatic carbocycles. The van der Waals surface area contributed by atoms with Crippen LogP contribution < -0.4 is 5.32 Å². The summed E-state index contributed by atoms with van der Waals surface area (Å²) in [6, 6.07) is 0. The van der Waals surface area contributed by atoms with Crippen LogP contribution in [-0.2, 0) is 0 Å². The molecule has 1 aliphatic rings. The lowest BCUT2D eigenvalue weighted by atomic mass is 9.92. The van der Waals surface area contributed by atoms with Gasteiger partial charge in [-0.25, -0.2) is 0 Å². The predicted octanol–water partition coefficient (Wildman–Crippen LogP) is 0.856. The van der Waals surface area contributed by atoms with Gasteiger partial charge in [0.05, 0.1) is 0 Å². The summed E-state index contributed by atoms with van der Waals surface area (Å²) < 4.78 is 0. The van der Waals surface area contributed by atoms with Crippen LogP contribution in [0.15, 0.2) is 0 Å². The maximum atomic E-state index is 10.2. The first-order valence-electron chi connectivity index (χ1n) is 4.96. The van der Waals surface area contributed by atoms with Gasteiger partial charge >= 0.3 is 0 Å². The molecule has 1 saturated carbocycles. The van der Waals surface area contributed by atoms with E-state index in [9.17, 15) is 10.2 Å². The van der Waals surface area contributed by atoms with Crippen LogP contribution in [0.5, 0.6) is 0 Å². The first-order chi connectivity index (χ1) is 5.83. The molecule has 0 saturated heterocycles. The van der Waals surface area contributed by atoms with Crippen molar-refractivity contribution >= 4 is 0 Å². The Bertz CT molecular complexity index is 205. The number of rotatable bonds is 4. The Morgan fingerprint density at radius 2 is 2.08 bits per heavy atom. The van der Waals surface area contributed by atoms with Gasteiger partial charge in [-0.3, -0.25) is 5.32 Å². The average Bonchev–Trinajstić information content (AvgIpc) is 2.57. The van der Waals surface area contributed by atoms with Gasteiger partial charge in [-0.15, -0.1) is 0 Å². The van der Waals surface area contributed by atoms with E-state index in [1.54, 1.807) is 14.0 Å². The molecule has 0 bridgehead atoms. The summed E-state index contributed by atoms with van der Waals surface area (Å²) in [6.45, 7) is 5.76. The molecule has 0 spiro atoms. The minimum absolute atomic E-state index is 0.117. The van der Waals surface area contributed by atoms with Crippen LogP contribution in [0.2, 0.25) is 0 Å². The number of hydrogen-bond donors (Lipinski definition) is 3. The second kappa shape index (κ2) is 2.94. The lowest BCUT2D eigenvalue weighted by Crippen LogP contribution is -2.54. The van der Waals surface area contributed by atoms with E-state index in [-0.39, 0.29) is 5.41 Å². The minimum Gasteiger partial charge on any atom is -0.385 e. The summed E-state index contributed by atoms with van der Waals surface area (Å²) in [5.41, 5.74) is -2.24. The lowest BCUT2D eigenvalue weighted by molar-refractivity contribution is -0.118. The van der Waals surface area contributed by atoms with Gasteiger partial charge in [-0.1, -0.05) is 20.3 Å². The van der Waals surface area contributed by atoms with Crippen LogP contribution in [0.3, 0.4) is 0 Å². The van der Waals surface area contributed by atoms with Gasteiger partial charge in [0, 0.05) is 5.41 Å². The molecule has 3 N–H and O–H groups in total. The predicted molar refractivity (Wildman–Crippen MR) is 52.3 cm³/mol. The molecule has 0 radical (unpaired) electrons. The number of likely N-dealkylation sites (N-methyl/N-ethyl adjacent to an activating group) is 1. The van der Waals surface area contributed by atoms with Gasteiger partial charge in [0.15, 0.2) is 0 Å². The highest BCUT2D eigenvalue weighted by Gasteiger charge is 2.70. The molecule has 1 aliphatic carbocycles. The highest BCUT2D eigenvalue weighted by Crippen LogP contribution is 2.63. The molecule has 1 rings (SSSR count). The highest BCUT2D eigenvalue weighted by molar-refractivity contribution is 5.20. The summed E-state index contributed by atoms with van der Waals surface area (Å²) in [5.74, 6) is 0. The van der Waals surface area contributed by atoms with Gasteiger partial charge in [-0.2, -0.15) is 0 Å². The third-order valence-electron chi connectivity index (χ3n) is 3.61. The minimum atomic E-state index is -1.17. The molecular formula is C10H21NO2. The molecule has 78 valence electrons. The van der Waals surface area contributed by atoms with Gasteiger partial charge in [0.1, 0.15) is 11.3 Å². The van der Waals surface area contributed by atoms with Crippen LogP contribution in [0.25, 0.3) is 0 Å². The van der Waals surface area contributed by atoms with Crippen molar-refractivity contribution in [2.75, 3.05) is 7.05 Å². The average molecular weight is 187 g/mol. The van der Waals surface area contributed by atoms with Crippen molar-refractivity contribution in [3.63, 3.8) is 0 Å². The first-order valence-corrected chi connectivity index (χ1v) is 4.96. The second-order valence-corrected chi connectivity index (χ2v) is 4.67.